The lowest BCUT2D eigenvalue weighted by Crippen LogP contribution is -2.50. The Morgan fingerprint density at radius 2 is 2.15 bits per heavy atom. The van der Waals surface area contributed by atoms with E-state index in [1.54, 1.807) is 4.90 Å². The minimum atomic E-state index is -0.696. The average Bonchev–Trinajstić information content (AvgIpc) is 2.84. The zero-order valence-corrected chi connectivity index (χ0v) is 12.4. The van der Waals surface area contributed by atoms with Crippen LogP contribution in [0.4, 0.5) is 0 Å². The Hall–Kier alpha value is -1.10. The molecule has 0 aliphatic carbocycles. The molecule has 2 heterocycles. The highest BCUT2D eigenvalue weighted by Crippen LogP contribution is 2.24. The normalized spacial score (nSPS) is 27.2. The summed E-state index contributed by atoms with van der Waals surface area (Å²) >= 11 is 0. The van der Waals surface area contributed by atoms with Crippen molar-refractivity contribution in [2.75, 3.05) is 26.2 Å². The first kappa shape index (κ1) is 15.3. The van der Waals surface area contributed by atoms with Crippen molar-refractivity contribution in [2.45, 2.75) is 57.5 Å². The first-order valence-electron chi connectivity index (χ1n) is 7.82. The molecule has 2 aliphatic rings. The maximum Gasteiger partial charge on any atom is 0.222 e. The number of hydrogen-bond donors (Lipinski definition) is 1. The van der Waals surface area contributed by atoms with Crippen molar-refractivity contribution in [3.63, 3.8) is 0 Å². The molecule has 5 nitrogen and oxygen atoms in total. The van der Waals surface area contributed by atoms with Crippen molar-refractivity contribution < 1.29 is 14.7 Å². The summed E-state index contributed by atoms with van der Waals surface area (Å²) in [5.41, 5.74) is -0.696. The van der Waals surface area contributed by atoms with E-state index in [2.05, 4.69) is 0 Å². The van der Waals surface area contributed by atoms with Gasteiger partial charge in [0.15, 0.2) is 0 Å². The maximum absolute atomic E-state index is 12.2. The van der Waals surface area contributed by atoms with Crippen molar-refractivity contribution in [3.8, 4) is 0 Å². The number of carbonyl (C=O) groups is 2. The third kappa shape index (κ3) is 3.72. The van der Waals surface area contributed by atoms with Crippen LogP contribution < -0.4 is 0 Å². The lowest BCUT2D eigenvalue weighted by atomic mass is 9.90. The van der Waals surface area contributed by atoms with Gasteiger partial charge in [0.2, 0.25) is 11.8 Å². The molecule has 0 aromatic rings. The second-order valence-corrected chi connectivity index (χ2v) is 6.08. The van der Waals surface area contributed by atoms with E-state index >= 15 is 0 Å². The van der Waals surface area contributed by atoms with Crippen molar-refractivity contribution in [3.05, 3.63) is 0 Å². The molecule has 0 aromatic carbocycles. The van der Waals surface area contributed by atoms with Gasteiger partial charge in [-0.15, -0.1) is 0 Å². The van der Waals surface area contributed by atoms with E-state index in [0.717, 1.165) is 38.8 Å². The number of β-amino-alcohol motifs (C(OH)–C–C–N with tert-alkyl or cyclic N) is 1. The van der Waals surface area contributed by atoms with Gasteiger partial charge in [-0.2, -0.15) is 0 Å². The van der Waals surface area contributed by atoms with E-state index in [1.807, 2.05) is 11.8 Å². The fourth-order valence-electron chi connectivity index (χ4n) is 3.13. The largest absolute Gasteiger partial charge is 0.388 e. The Morgan fingerprint density at radius 3 is 2.80 bits per heavy atom. The first-order valence-corrected chi connectivity index (χ1v) is 7.82. The van der Waals surface area contributed by atoms with Gasteiger partial charge in [0, 0.05) is 39.0 Å². The molecule has 2 saturated heterocycles. The van der Waals surface area contributed by atoms with E-state index in [1.165, 1.54) is 0 Å². The molecule has 0 unspecified atom stereocenters. The SMILES string of the molecule is CC[C@@]1(O)CCCN(C(=O)CCCN2CCCC2=O)C1. The minimum Gasteiger partial charge on any atom is -0.388 e. The second-order valence-electron chi connectivity index (χ2n) is 6.08. The number of amides is 2. The van der Waals surface area contributed by atoms with Crippen LogP contribution in [0.25, 0.3) is 0 Å². The second kappa shape index (κ2) is 6.57. The van der Waals surface area contributed by atoms with Crippen LogP contribution in [-0.2, 0) is 9.59 Å². The van der Waals surface area contributed by atoms with E-state index in [0.29, 0.717) is 32.4 Å². The molecule has 2 rings (SSSR count). The number of nitrogens with zero attached hydrogens (tertiary/aromatic N) is 2. The molecule has 0 bridgehead atoms. The lowest BCUT2D eigenvalue weighted by molar-refractivity contribution is -0.139. The molecule has 2 aliphatic heterocycles. The minimum absolute atomic E-state index is 0.114. The van der Waals surface area contributed by atoms with Crippen LogP contribution in [0.2, 0.25) is 0 Å². The van der Waals surface area contributed by atoms with Crippen LogP contribution in [0.1, 0.15) is 51.9 Å². The molecule has 2 amide bonds. The highest BCUT2D eigenvalue weighted by atomic mass is 16.3. The number of hydrogen-bond acceptors (Lipinski definition) is 3. The highest BCUT2D eigenvalue weighted by Gasteiger charge is 2.33. The van der Waals surface area contributed by atoms with Crippen LogP contribution in [0.15, 0.2) is 0 Å². The van der Waals surface area contributed by atoms with Crippen LogP contribution in [0.3, 0.4) is 0 Å². The molecule has 5 heteroatoms. The van der Waals surface area contributed by atoms with Gasteiger partial charge in [-0.3, -0.25) is 9.59 Å². The van der Waals surface area contributed by atoms with E-state index in [4.69, 9.17) is 0 Å². The first-order chi connectivity index (χ1) is 9.54. The molecule has 0 saturated carbocycles. The van der Waals surface area contributed by atoms with Crippen LogP contribution in [0.5, 0.6) is 0 Å². The summed E-state index contributed by atoms with van der Waals surface area (Å²) in [4.78, 5) is 27.3. The van der Waals surface area contributed by atoms with Gasteiger partial charge in [-0.05, 0) is 32.1 Å². The van der Waals surface area contributed by atoms with Gasteiger partial charge in [-0.25, -0.2) is 0 Å². The standard InChI is InChI=1S/C15H26N2O3/c1-2-15(20)8-5-11-17(12-15)14(19)7-4-10-16-9-3-6-13(16)18/h20H,2-12H2,1H3/t15-/m1/s1. The number of likely N-dealkylation sites (tertiary alicyclic amines) is 2. The molecule has 0 radical (unpaired) electrons. The third-order valence-electron chi connectivity index (χ3n) is 4.56. The van der Waals surface area contributed by atoms with Crippen molar-refractivity contribution in [2.24, 2.45) is 0 Å². The molecule has 20 heavy (non-hydrogen) atoms. The van der Waals surface area contributed by atoms with Crippen molar-refractivity contribution in [1.82, 2.24) is 9.80 Å². The van der Waals surface area contributed by atoms with Crippen LogP contribution in [0, 0.1) is 0 Å². The Balaban J connectivity index is 1.73. The van der Waals surface area contributed by atoms with Crippen molar-refractivity contribution in [1.29, 1.82) is 0 Å². The molecule has 1 atom stereocenters. The van der Waals surface area contributed by atoms with Crippen molar-refractivity contribution >= 4 is 11.8 Å². The number of aliphatic hydroxyl groups is 1. The molecular weight excluding hydrogens is 256 g/mol. The van der Waals surface area contributed by atoms with Gasteiger partial charge < -0.3 is 14.9 Å². The van der Waals surface area contributed by atoms with Gasteiger partial charge in [0.05, 0.1) is 5.60 Å². The smallest absolute Gasteiger partial charge is 0.222 e. The Kier molecular flexibility index (Phi) is 5.02. The fourth-order valence-corrected chi connectivity index (χ4v) is 3.13. The summed E-state index contributed by atoms with van der Waals surface area (Å²) in [5.74, 6) is 0.332. The monoisotopic (exact) mass is 282 g/mol. The zero-order valence-electron chi connectivity index (χ0n) is 12.4. The number of carbonyl (C=O) groups excluding carboxylic acids is 2. The highest BCUT2D eigenvalue weighted by molar-refractivity contribution is 5.78. The lowest BCUT2D eigenvalue weighted by Gasteiger charge is -2.38. The number of rotatable bonds is 5. The molecule has 114 valence electrons. The van der Waals surface area contributed by atoms with Gasteiger partial charge in [0.25, 0.3) is 0 Å². The molecular formula is C15H26N2O3. The average molecular weight is 282 g/mol. The molecule has 2 fully saturated rings. The quantitative estimate of drug-likeness (QED) is 0.823. The van der Waals surface area contributed by atoms with E-state index < -0.39 is 5.60 Å². The molecule has 0 spiro atoms. The summed E-state index contributed by atoms with van der Waals surface area (Å²) in [6, 6.07) is 0. The predicted molar refractivity (Wildman–Crippen MR) is 76.1 cm³/mol. The third-order valence-corrected chi connectivity index (χ3v) is 4.56. The number of piperidine rings is 1. The molecule has 0 aromatic heterocycles. The Morgan fingerprint density at radius 1 is 1.35 bits per heavy atom. The summed E-state index contributed by atoms with van der Waals surface area (Å²) in [5, 5.41) is 10.3. The zero-order chi connectivity index (χ0) is 14.6. The Bertz CT molecular complexity index is 372. The summed E-state index contributed by atoms with van der Waals surface area (Å²) in [6.07, 6.45) is 5.16. The van der Waals surface area contributed by atoms with Gasteiger partial charge in [0.1, 0.15) is 0 Å². The summed E-state index contributed by atoms with van der Waals surface area (Å²) in [7, 11) is 0. The topological polar surface area (TPSA) is 60.9 Å². The van der Waals surface area contributed by atoms with E-state index in [9.17, 15) is 14.7 Å². The van der Waals surface area contributed by atoms with Gasteiger partial charge in [-0.1, -0.05) is 6.92 Å². The van der Waals surface area contributed by atoms with E-state index in [-0.39, 0.29) is 11.8 Å². The fraction of sp³-hybridized carbons (Fsp3) is 0.867. The molecule has 1 N–H and O–H groups in total. The maximum atomic E-state index is 12.2. The summed E-state index contributed by atoms with van der Waals surface area (Å²) < 4.78 is 0. The summed E-state index contributed by atoms with van der Waals surface area (Å²) in [6.45, 7) is 4.71. The van der Waals surface area contributed by atoms with Gasteiger partial charge >= 0.3 is 0 Å². The Labute approximate surface area is 120 Å². The predicted octanol–water partition coefficient (Wildman–Crippen LogP) is 1.15. The van der Waals surface area contributed by atoms with Crippen LogP contribution >= 0.6 is 0 Å². The van der Waals surface area contributed by atoms with Crippen LogP contribution in [-0.4, -0.2) is 58.5 Å².